The van der Waals surface area contributed by atoms with E-state index in [1.54, 1.807) is 0 Å². The minimum Gasteiger partial charge on any atom is -0.368 e. The van der Waals surface area contributed by atoms with Gasteiger partial charge in [-0.15, -0.1) is 0 Å². The number of carbonyl (C=O) groups is 1. The van der Waals surface area contributed by atoms with E-state index in [2.05, 4.69) is 22.2 Å². The molecular weight excluding hydrogens is 192 g/mol. The third kappa shape index (κ3) is 1.87. The van der Waals surface area contributed by atoms with E-state index in [9.17, 15) is 4.79 Å². The van der Waals surface area contributed by atoms with Crippen molar-refractivity contribution in [1.29, 1.82) is 0 Å². The predicted octanol–water partition coefficient (Wildman–Crippen LogP) is -1.55. The number of nitrogens with zero attached hydrogens (tertiary/aromatic N) is 2. The van der Waals surface area contributed by atoms with Gasteiger partial charge in [0.15, 0.2) is 0 Å². The molecule has 2 aliphatic heterocycles. The lowest BCUT2D eigenvalue weighted by Gasteiger charge is -2.42. The highest BCUT2D eigenvalue weighted by atomic mass is 16.1. The normalized spacial score (nSPS) is 34.5. The van der Waals surface area contributed by atoms with Gasteiger partial charge >= 0.3 is 0 Å². The van der Waals surface area contributed by atoms with Gasteiger partial charge in [0.1, 0.15) is 5.54 Å². The van der Waals surface area contributed by atoms with E-state index in [4.69, 9.17) is 5.73 Å². The monoisotopic (exact) mass is 212 g/mol. The summed E-state index contributed by atoms with van der Waals surface area (Å²) >= 11 is 0. The van der Waals surface area contributed by atoms with E-state index < -0.39 is 5.54 Å². The van der Waals surface area contributed by atoms with Crippen LogP contribution in [-0.4, -0.2) is 67.6 Å². The number of hydrogen-bond donors (Lipinski definition) is 2. The molecule has 0 bridgehead atoms. The number of amides is 1. The van der Waals surface area contributed by atoms with Crippen LogP contribution in [-0.2, 0) is 4.79 Å². The van der Waals surface area contributed by atoms with Crippen molar-refractivity contribution in [3.8, 4) is 0 Å². The zero-order valence-corrected chi connectivity index (χ0v) is 9.33. The average Bonchev–Trinajstić information content (AvgIpc) is 2.69. The van der Waals surface area contributed by atoms with E-state index in [1.165, 1.54) is 0 Å². The third-order valence-corrected chi connectivity index (χ3v) is 3.70. The largest absolute Gasteiger partial charge is 0.368 e. The minimum atomic E-state index is -0.415. The maximum atomic E-state index is 11.6. The number of likely N-dealkylation sites (N-methyl/N-ethyl adjacent to an activating group) is 1. The molecule has 2 saturated heterocycles. The standard InChI is InChI=1S/C10H20N4O/c1-13-4-6-14(7-5-13)10(9(11)15)2-3-12-8-10/h12H,2-8H2,1H3,(H2,11,15). The smallest absolute Gasteiger partial charge is 0.239 e. The first-order chi connectivity index (χ1) is 7.15. The molecule has 86 valence electrons. The molecule has 2 fully saturated rings. The number of hydrogen-bond acceptors (Lipinski definition) is 4. The average molecular weight is 212 g/mol. The van der Waals surface area contributed by atoms with Crippen LogP contribution in [0, 0.1) is 0 Å². The fraction of sp³-hybridized carbons (Fsp3) is 0.900. The number of primary amides is 1. The molecule has 0 spiro atoms. The van der Waals surface area contributed by atoms with Gasteiger partial charge in [-0.2, -0.15) is 0 Å². The van der Waals surface area contributed by atoms with E-state index in [1.807, 2.05) is 0 Å². The Balaban J connectivity index is 2.08. The first kappa shape index (κ1) is 10.9. The summed E-state index contributed by atoms with van der Waals surface area (Å²) in [6, 6.07) is 0. The molecule has 0 aromatic rings. The lowest BCUT2D eigenvalue weighted by atomic mass is 9.94. The first-order valence-corrected chi connectivity index (χ1v) is 5.59. The highest BCUT2D eigenvalue weighted by molar-refractivity contribution is 5.85. The Morgan fingerprint density at radius 2 is 2.00 bits per heavy atom. The molecule has 1 amide bonds. The van der Waals surface area contributed by atoms with Crippen LogP contribution >= 0.6 is 0 Å². The van der Waals surface area contributed by atoms with Crippen LogP contribution in [0.15, 0.2) is 0 Å². The van der Waals surface area contributed by atoms with Crippen LogP contribution in [0.2, 0.25) is 0 Å². The predicted molar refractivity (Wildman–Crippen MR) is 58.5 cm³/mol. The summed E-state index contributed by atoms with van der Waals surface area (Å²) in [5.41, 5.74) is 5.15. The maximum Gasteiger partial charge on any atom is 0.239 e. The van der Waals surface area contributed by atoms with Gasteiger partial charge in [0.05, 0.1) is 0 Å². The molecule has 15 heavy (non-hydrogen) atoms. The summed E-state index contributed by atoms with van der Waals surface area (Å²) in [7, 11) is 2.11. The number of carbonyl (C=O) groups excluding carboxylic acids is 1. The summed E-state index contributed by atoms with van der Waals surface area (Å²) in [5, 5.41) is 3.25. The van der Waals surface area contributed by atoms with Crippen molar-refractivity contribution in [2.75, 3.05) is 46.3 Å². The molecule has 2 heterocycles. The van der Waals surface area contributed by atoms with Crippen LogP contribution in [0.25, 0.3) is 0 Å². The minimum absolute atomic E-state index is 0.169. The van der Waals surface area contributed by atoms with Crippen molar-refractivity contribution in [1.82, 2.24) is 15.1 Å². The number of nitrogens with one attached hydrogen (secondary N) is 1. The molecule has 5 nitrogen and oxygen atoms in total. The van der Waals surface area contributed by atoms with Gasteiger partial charge in [0.25, 0.3) is 0 Å². The lowest BCUT2D eigenvalue weighted by Crippen LogP contribution is -2.63. The zero-order chi connectivity index (χ0) is 10.9. The van der Waals surface area contributed by atoms with Crippen molar-refractivity contribution in [2.45, 2.75) is 12.0 Å². The SMILES string of the molecule is CN1CCN(C2(C(N)=O)CCNC2)CC1. The molecule has 5 heteroatoms. The van der Waals surface area contributed by atoms with Gasteiger partial charge in [-0.25, -0.2) is 0 Å². The quantitative estimate of drug-likeness (QED) is 0.582. The first-order valence-electron chi connectivity index (χ1n) is 5.59. The molecule has 1 unspecified atom stereocenters. The molecule has 0 aromatic carbocycles. The second-order valence-electron chi connectivity index (χ2n) is 4.61. The summed E-state index contributed by atoms with van der Waals surface area (Å²) in [5.74, 6) is -0.169. The second kappa shape index (κ2) is 4.08. The zero-order valence-electron chi connectivity index (χ0n) is 9.33. The summed E-state index contributed by atoms with van der Waals surface area (Å²) in [4.78, 5) is 16.2. The summed E-state index contributed by atoms with van der Waals surface area (Å²) < 4.78 is 0. The molecule has 0 aromatic heterocycles. The Morgan fingerprint density at radius 3 is 2.47 bits per heavy atom. The van der Waals surface area contributed by atoms with Crippen LogP contribution in [0.1, 0.15) is 6.42 Å². The van der Waals surface area contributed by atoms with Crippen molar-refractivity contribution in [3.05, 3.63) is 0 Å². The van der Waals surface area contributed by atoms with Crippen LogP contribution in [0.3, 0.4) is 0 Å². The Morgan fingerprint density at radius 1 is 1.33 bits per heavy atom. The Bertz CT molecular complexity index is 242. The van der Waals surface area contributed by atoms with E-state index in [0.717, 1.165) is 39.1 Å². The summed E-state index contributed by atoms with van der Waals surface area (Å²) in [6.07, 6.45) is 0.853. The van der Waals surface area contributed by atoms with Crippen LogP contribution in [0.5, 0.6) is 0 Å². The molecule has 2 aliphatic rings. The Hall–Kier alpha value is -0.650. The van der Waals surface area contributed by atoms with Crippen LogP contribution < -0.4 is 11.1 Å². The fourth-order valence-corrected chi connectivity index (χ4v) is 2.55. The topological polar surface area (TPSA) is 61.6 Å². The third-order valence-electron chi connectivity index (χ3n) is 3.70. The van der Waals surface area contributed by atoms with Gasteiger partial charge in [0.2, 0.25) is 5.91 Å². The molecule has 2 rings (SSSR count). The van der Waals surface area contributed by atoms with E-state index in [-0.39, 0.29) is 5.91 Å². The highest BCUT2D eigenvalue weighted by Crippen LogP contribution is 2.24. The molecule has 3 N–H and O–H groups in total. The Labute approximate surface area is 90.6 Å². The molecule has 0 aliphatic carbocycles. The highest BCUT2D eigenvalue weighted by Gasteiger charge is 2.45. The van der Waals surface area contributed by atoms with Crippen molar-refractivity contribution in [2.24, 2.45) is 5.73 Å². The number of nitrogens with two attached hydrogens (primary N) is 1. The summed E-state index contributed by atoms with van der Waals surface area (Å²) in [6.45, 7) is 5.55. The number of piperazine rings is 1. The van der Waals surface area contributed by atoms with Gasteiger partial charge in [-0.3, -0.25) is 9.69 Å². The van der Waals surface area contributed by atoms with Gasteiger partial charge in [-0.05, 0) is 20.0 Å². The lowest BCUT2D eigenvalue weighted by molar-refractivity contribution is -0.130. The molecule has 1 atom stereocenters. The fourth-order valence-electron chi connectivity index (χ4n) is 2.55. The molecule has 0 saturated carbocycles. The number of rotatable bonds is 2. The van der Waals surface area contributed by atoms with Gasteiger partial charge < -0.3 is 16.0 Å². The van der Waals surface area contributed by atoms with Crippen molar-refractivity contribution >= 4 is 5.91 Å². The molecular formula is C10H20N4O. The van der Waals surface area contributed by atoms with Crippen molar-refractivity contribution < 1.29 is 4.79 Å². The van der Waals surface area contributed by atoms with Gasteiger partial charge in [-0.1, -0.05) is 0 Å². The van der Waals surface area contributed by atoms with E-state index >= 15 is 0 Å². The van der Waals surface area contributed by atoms with Crippen LogP contribution in [0.4, 0.5) is 0 Å². The van der Waals surface area contributed by atoms with E-state index in [0.29, 0.717) is 6.54 Å². The molecule has 0 radical (unpaired) electrons. The second-order valence-corrected chi connectivity index (χ2v) is 4.61. The van der Waals surface area contributed by atoms with Gasteiger partial charge in [0, 0.05) is 32.7 Å². The van der Waals surface area contributed by atoms with Crippen molar-refractivity contribution in [3.63, 3.8) is 0 Å². The maximum absolute atomic E-state index is 11.6. The Kier molecular flexibility index (Phi) is 2.95.